The van der Waals surface area contributed by atoms with Crippen LogP contribution in [0.1, 0.15) is 27.0 Å². The zero-order chi connectivity index (χ0) is 25.3. The Balaban J connectivity index is 1.74. The summed E-state index contributed by atoms with van der Waals surface area (Å²) in [4.78, 5) is 52.1. The van der Waals surface area contributed by atoms with Gasteiger partial charge in [0.05, 0.1) is 7.11 Å². The third-order valence-corrected chi connectivity index (χ3v) is 6.58. The smallest absolute Gasteiger partial charge is 0.303 e. The van der Waals surface area contributed by atoms with Crippen molar-refractivity contribution >= 4 is 29.7 Å². The van der Waals surface area contributed by atoms with E-state index in [0.29, 0.717) is 11.3 Å². The summed E-state index contributed by atoms with van der Waals surface area (Å²) in [5, 5.41) is 4.10. The van der Waals surface area contributed by atoms with Gasteiger partial charge >= 0.3 is 17.9 Å². The number of thioether (sulfide) groups is 1. The molecule has 1 fully saturated rings. The predicted octanol–water partition coefficient (Wildman–Crippen LogP) is 1.11. The van der Waals surface area contributed by atoms with Crippen molar-refractivity contribution in [1.82, 2.24) is 14.8 Å². The van der Waals surface area contributed by atoms with Crippen molar-refractivity contribution in [2.75, 3.05) is 13.7 Å². The van der Waals surface area contributed by atoms with E-state index in [1.54, 1.807) is 24.3 Å². The molecule has 0 bridgehead atoms. The number of carbonyl (C=O) groups excluding carboxylic acids is 3. The SMILES string of the molecule is COc1ccc(-c2nn3c(nc2=O)S[C@H]2[C@@H](OC(C)=O)[C@H](OC(C)=O)[C@@H](COC(C)=O)O[C@H]23)cc1. The first kappa shape index (κ1) is 24.7. The van der Waals surface area contributed by atoms with Gasteiger partial charge in [0.1, 0.15) is 23.7 Å². The van der Waals surface area contributed by atoms with Crippen LogP contribution in [0.2, 0.25) is 0 Å². The van der Waals surface area contributed by atoms with Gasteiger partial charge in [0.15, 0.2) is 29.3 Å². The molecular weight excluding hydrogens is 482 g/mol. The van der Waals surface area contributed by atoms with Gasteiger partial charge in [0.2, 0.25) is 0 Å². The summed E-state index contributed by atoms with van der Waals surface area (Å²) < 4.78 is 28.8. The summed E-state index contributed by atoms with van der Waals surface area (Å²) in [6.45, 7) is 3.41. The molecular formula is C22H23N3O9S. The Kier molecular flexibility index (Phi) is 7.08. The van der Waals surface area contributed by atoms with Crippen LogP contribution in [-0.4, -0.2) is 70.0 Å². The molecule has 0 N–H and O–H groups in total. The van der Waals surface area contributed by atoms with Gasteiger partial charge in [-0.3, -0.25) is 19.2 Å². The van der Waals surface area contributed by atoms with Gasteiger partial charge in [-0.15, -0.1) is 0 Å². The van der Waals surface area contributed by atoms with Crippen molar-refractivity contribution in [3.8, 4) is 17.0 Å². The number of rotatable bonds is 6. The number of fused-ring (bicyclic) bond motifs is 3. The fraction of sp³-hybridized carbons (Fsp3) is 0.455. The zero-order valence-electron chi connectivity index (χ0n) is 19.3. The normalized spacial score (nSPS) is 24.6. The fourth-order valence-electron chi connectivity index (χ4n) is 3.89. The van der Waals surface area contributed by atoms with Crippen LogP contribution in [0.25, 0.3) is 11.3 Å². The molecule has 35 heavy (non-hydrogen) atoms. The molecule has 12 nitrogen and oxygen atoms in total. The van der Waals surface area contributed by atoms with Gasteiger partial charge in [-0.05, 0) is 24.3 Å². The lowest BCUT2D eigenvalue weighted by Crippen LogP contribution is -2.57. The lowest BCUT2D eigenvalue weighted by atomic mass is 9.99. The van der Waals surface area contributed by atoms with Crippen LogP contribution < -0.4 is 10.3 Å². The molecule has 2 aliphatic heterocycles. The molecule has 0 unspecified atom stereocenters. The number of esters is 3. The van der Waals surface area contributed by atoms with E-state index in [9.17, 15) is 19.2 Å². The molecule has 5 atom stereocenters. The second kappa shape index (κ2) is 10.0. The largest absolute Gasteiger partial charge is 0.497 e. The van der Waals surface area contributed by atoms with Crippen molar-refractivity contribution in [3.63, 3.8) is 0 Å². The van der Waals surface area contributed by atoms with E-state index in [-0.39, 0.29) is 17.5 Å². The van der Waals surface area contributed by atoms with Crippen molar-refractivity contribution in [2.24, 2.45) is 0 Å². The highest BCUT2D eigenvalue weighted by Gasteiger charge is 2.55. The number of carbonyl (C=O) groups is 3. The summed E-state index contributed by atoms with van der Waals surface area (Å²) in [6.07, 6.45) is -3.86. The van der Waals surface area contributed by atoms with Gasteiger partial charge in [-0.1, -0.05) is 11.8 Å². The minimum absolute atomic E-state index is 0.0870. The fourth-order valence-corrected chi connectivity index (χ4v) is 5.17. The third-order valence-electron chi connectivity index (χ3n) is 5.31. The molecule has 186 valence electrons. The maximum atomic E-state index is 12.8. The monoisotopic (exact) mass is 505 g/mol. The first-order valence-electron chi connectivity index (χ1n) is 10.6. The van der Waals surface area contributed by atoms with Crippen molar-refractivity contribution in [3.05, 3.63) is 34.6 Å². The Hall–Kier alpha value is -3.45. The van der Waals surface area contributed by atoms with Crippen LogP contribution in [0.4, 0.5) is 0 Å². The van der Waals surface area contributed by atoms with Gasteiger partial charge in [-0.25, -0.2) is 4.68 Å². The quantitative estimate of drug-likeness (QED) is 0.409. The maximum absolute atomic E-state index is 12.8. The van der Waals surface area contributed by atoms with E-state index in [0.717, 1.165) is 11.8 Å². The number of benzene rings is 1. The highest BCUT2D eigenvalue weighted by Crippen LogP contribution is 2.47. The summed E-state index contributed by atoms with van der Waals surface area (Å²) in [5.41, 5.74) is 0.0576. The molecule has 1 aromatic heterocycles. The standard InChI is InChI=1S/C22H23N3O9S/c1-10(26)31-9-15-17(32-11(2)27)18(33-12(3)28)19-21(34-15)25-22(35-19)23-20(29)16(24-25)13-5-7-14(30-4)8-6-13/h5-8,15,17-19,21H,9H2,1-4H3/t15-,17-,18+,19+,21-/m1/s1. The minimum atomic E-state index is -1.06. The average molecular weight is 506 g/mol. The molecule has 2 aliphatic rings. The summed E-state index contributed by atoms with van der Waals surface area (Å²) in [7, 11) is 1.53. The Morgan fingerprint density at radius 1 is 1.03 bits per heavy atom. The van der Waals surface area contributed by atoms with E-state index in [1.807, 2.05) is 0 Å². The Bertz CT molecular complexity index is 1200. The summed E-state index contributed by atoms with van der Waals surface area (Å²) >= 11 is 1.12. The van der Waals surface area contributed by atoms with E-state index in [2.05, 4.69) is 10.1 Å². The number of aromatic nitrogens is 3. The molecule has 1 aromatic carbocycles. The molecule has 13 heteroatoms. The van der Waals surface area contributed by atoms with E-state index in [4.69, 9.17) is 23.7 Å². The second-order valence-electron chi connectivity index (χ2n) is 7.82. The number of hydrogen-bond acceptors (Lipinski definition) is 12. The van der Waals surface area contributed by atoms with Gasteiger partial charge < -0.3 is 23.7 Å². The number of methoxy groups -OCH3 is 1. The van der Waals surface area contributed by atoms with Crippen molar-refractivity contribution in [2.45, 2.75) is 55.7 Å². The molecule has 0 amide bonds. The van der Waals surface area contributed by atoms with Crippen LogP contribution in [0.3, 0.4) is 0 Å². The molecule has 1 saturated heterocycles. The Labute approximate surface area is 203 Å². The van der Waals surface area contributed by atoms with E-state index >= 15 is 0 Å². The van der Waals surface area contributed by atoms with Gasteiger partial charge in [0.25, 0.3) is 5.56 Å². The lowest BCUT2D eigenvalue weighted by molar-refractivity contribution is -0.225. The molecule has 0 aliphatic carbocycles. The number of nitrogens with zero attached hydrogens (tertiary/aromatic N) is 3. The van der Waals surface area contributed by atoms with Crippen LogP contribution in [0.15, 0.2) is 34.2 Å². The molecule has 0 saturated carbocycles. The van der Waals surface area contributed by atoms with Crippen LogP contribution in [0, 0.1) is 0 Å². The molecule has 4 rings (SSSR count). The highest BCUT2D eigenvalue weighted by molar-refractivity contribution is 8.00. The lowest BCUT2D eigenvalue weighted by Gasteiger charge is -2.42. The topological polar surface area (TPSA) is 145 Å². The summed E-state index contributed by atoms with van der Waals surface area (Å²) in [6, 6.07) is 6.75. The van der Waals surface area contributed by atoms with E-state index < -0.39 is 53.3 Å². The van der Waals surface area contributed by atoms with E-state index in [1.165, 1.54) is 32.6 Å². The van der Waals surface area contributed by atoms with Crippen LogP contribution in [0.5, 0.6) is 5.75 Å². The average Bonchev–Trinajstić information content (AvgIpc) is 3.15. The number of ether oxygens (including phenoxy) is 5. The van der Waals surface area contributed by atoms with Crippen molar-refractivity contribution in [1.29, 1.82) is 0 Å². The summed E-state index contributed by atoms with van der Waals surface area (Å²) in [5.74, 6) is -1.18. The molecule has 2 aromatic rings. The second-order valence-corrected chi connectivity index (χ2v) is 8.96. The van der Waals surface area contributed by atoms with Gasteiger partial charge in [-0.2, -0.15) is 10.1 Å². The first-order chi connectivity index (χ1) is 16.7. The third kappa shape index (κ3) is 5.15. The minimum Gasteiger partial charge on any atom is -0.497 e. The maximum Gasteiger partial charge on any atom is 0.303 e. The molecule has 0 spiro atoms. The Morgan fingerprint density at radius 3 is 2.29 bits per heavy atom. The zero-order valence-corrected chi connectivity index (χ0v) is 20.1. The highest BCUT2D eigenvalue weighted by atomic mass is 32.2. The molecule has 3 heterocycles. The first-order valence-corrected chi connectivity index (χ1v) is 11.5. The molecule has 0 radical (unpaired) electrons. The predicted molar refractivity (Wildman–Crippen MR) is 120 cm³/mol. The number of hydrogen-bond donors (Lipinski definition) is 0. The Morgan fingerprint density at radius 2 is 1.69 bits per heavy atom. The van der Waals surface area contributed by atoms with Crippen LogP contribution in [-0.2, 0) is 33.3 Å². The van der Waals surface area contributed by atoms with Crippen molar-refractivity contribution < 1.29 is 38.1 Å². The van der Waals surface area contributed by atoms with Gasteiger partial charge in [0, 0.05) is 26.3 Å². The van der Waals surface area contributed by atoms with Crippen LogP contribution >= 0.6 is 11.8 Å².